The van der Waals surface area contributed by atoms with Crippen LogP contribution >= 0.6 is 0 Å². The Balaban J connectivity index is 1.66. The summed E-state index contributed by atoms with van der Waals surface area (Å²) in [6, 6.07) is 11.8. The molecule has 1 saturated heterocycles. The van der Waals surface area contributed by atoms with Crippen molar-refractivity contribution in [2.75, 3.05) is 38.8 Å². The van der Waals surface area contributed by atoms with E-state index in [2.05, 4.69) is 4.74 Å². The van der Waals surface area contributed by atoms with Crippen LogP contribution in [0.5, 0.6) is 0 Å². The molecule has 1 aliphatic heterocycles. The maximum absolute atomic E-state index is 12.6. The van der Waals surface area contributed by atoms with E-state index < -0.39 is 34.5 Å². The third-order valence-corrected chi connectivity index (χ3v) is 7.06. The molecular formula is C22H24N2O7S. The Morgan fingerprint density at radius 1 is 1.00 bits per heavy atom. The van der Waals surface area contributed by atoms with E-state index in [9.17, 15) is 22.8 Å². The van der Waals surface area contributed by atoms with E-state index in [1.165, 1.54) is 48.8 Å². The van der Waals surface area contributed by atoms with Crippen LogP contribution in [0.4, 0.5) is 10.5 Å². The average molecular weight is 461 g/mol. The standard InChI is InChI=1S/C22H24N2O7S/c1-23(22(27)30-2)19-8-4-3-7-18(19)21(26)31-15-20(25)16-9-11-17(12-10-16)32(28,29)24-13-5-6-14-24/h3-4,7-12H,5-6,13-15H2,1-2H3. The van der Waals surface area contributed by atoms with Gasteiger partial charge in [-0.05, 0) is 49.2 Å². The first-order valence-electron chi connectivity index (χ1n) is 9.97. The SMILES string of the molecule is COC(=O)N(C)c1ccccc1C(=O)OCC(=O)c1ccc(S(=O)(=O)N2CCCC2)cc1. The minimum absolute atomic E-state index is 0.0975. The fourth-order valence-electron chi connectivity index (χ4n) is 3.36. The molecule has 0 aromatic heterocycles. The maximum Gasteiger partial charge on any atom is 0.413 e. The molecule has 0 N–H and O–H groups in total. The van der Waals surface area contributed by atoms with Gasteiger partial charge in [-0.1, -0.05) is 12.1 Å². The molecule has 9 nitrogen and oxygen atoms in total. The molecule has 0 aliphatic carbocycles. The van der Waals surface area contributed by atoms with Crippen LogP contribution in [0, 0.1) is 0 Å². The molecule has 0 saturated carbocycles. The number of hydrogen-bond acceptors (Lipinski definition) is 7. The molecule has 1 aliphatic rings. The summed E-state index contributed by atoms with van der Waals surface area (Å²) in [6.07, 6.45) is 1.00. The van der Waals surface area contributed by atoms with Crippen molar-refractivity contribution < 1.29 is 32.3 Å². The predicted octanol–water partition coefficient (Wildman–Crippen LogP) is 2.71. The number of rotatable bonds is 7. The van der Waals surface area contributed by atoms with Gasteiger partial charge < -0.3 is 9.47 Å². The topological polar surface area (TPSA) is 110 Å². The molecule has 2 aromatic rings. The van der Waals surface area contributed by atoms with Gasteiger partial charge in [0.2, 0.25) is 10.0 Å². The van der Waals surface area contributed by atoms with Crippen LogP contribution < -0.4 is 4.90 Å². The van der Waals surface area contributed by atoms with E-state index in [4.69, 9.17) is 4.74 Å². The number of esters is 1. The minimum Gasteiger partial charge on any atom is -0.454 e. The van der Waals surface area contributed by atoms with Crippen LogP contribution in [0.3, 0.4) is 0 Å². The number of carbonyl (C=O) groups is 3. The number of ether oxygens (including phenoxy) is 2. The number of ketones is 1. The van der Waals surface area contributed by atoms with Gasteiger partial charge in [-0.3, -0.25) is 9.69 Å². The Morgan fingerprint density at radius 3 is 2.25 bits per heavy atom. The van der Waals surface area contributed by atoms with Gasteiger partial charge in [0.1, 0.15) is 0 Å². The average Bonchev–Trinajstić information content (AvgIpc) is 3.37. The zero-order valence-corrected chi connectivity index (χ0v) is 18.6. The van der Waals surface area contributed by atoms with Crippen molar-refractivity contribution in [2.24, 2.45) is 0 Å². The Kier molecular flexibility index (Phi) is 7.26. The van der Waals surface area contributed by atoms with Crippen LogP contribution in [0.2, 0.25) is 0 Å². The summed E-state index contributed by atoms with van der Waals surface area (Å²) in [7, 11) is -0.903. The lowest BCUT2D eigenvalue weighted by Gasteiger charge is -2.18. The number of sulfonamides is 1. The molecule has 1 heterocycles. The van der Waals surface area contributed by atoms with Crippen LogP contribution in [-0.4, -0.2) is 64.4 Å². The number of para-hydroxylation sites is 1. The van der Waals surface area contributed by atoms with E-state index >= 15 is 0 Å². The number of methoxy groups -OCH3 is 1. The largest absolute Gasteiger partial charge is 0.454 e. The van der Waals surface area contributed by atoms with Crippen molar-refractivity contribution in [2.45, 2.75) is 17.7 Å². The van der Waals surface area contributed by atoms with E-state index in [1.807, 2.05) is 0 Å². The molecule has 2 aromatic carbocycles. The van der Waals surface area contributed by atoms with Gasteiger partial charge in [0.05, 0.1) is 23.3 Å². The minimum atomic E-state index is -3.57. The molecule has 1 fully saturated rings. The predicted molar refractivity (Wildman–Crippen MR) is 116 cm³/mol. The lowest BCUT2D eigenvalue weighted by molar-refractivity contribution is 0.0475. The molecule has 0 bridgehead atoms. The zero-order chi connectivity index (χ0) is 23.3. The maximum atomic E-state index is 12.6. The fraction of sp³-hybridized carbons (Fsp3) is 0.318. The second-order valence-electron chi connectivity index (χ2n) is 7.18. The second kappa shape index (κ2) is 9.92. The third-order valence-electron chi connectivity index (χ3n) is 5.15. The molecule has 0 unspecified atom stereocenters. The summed E-state index contributed by atoms with van der Waals surface area (Å²) in [5.41, 5.74) is 0.590. The van der Waals surface area contributed by atoms with Crippen molar-refractivity contribution in [1.82, 2.24) is 4.31 Å². The van der Waals surface area contributed by atoms with E-state index in [1.54, 1.807) is 18.2 Å². The Hall–Kier alpha value is -3.24. The summed E-state index contributed by atoms with van der Waals surface area (Å²) < 4.78 is 36.4. The zero-order valence-electron chi connectivity index (χ0n) is 17.8. The van der Waals surface area contributed by atoms with E-state index in [0.717, 1.165) is 17.7 Å². The lowest BCUT2D eigenvalue weighted by Crippen LogP contribution is -2.28. The smallest absolute Gasteiger partial charge is 0.413 e. The first-order valence-corrected chi connectivity index (χ1v) is 11.4. The van der Waals surface area contributed by atoms with Gasteiger partial charge in [0.25, 0.3) is 0 Å². The highest BCUT2D eigenvalue weighted by Gasteiger charge is 2.27. The number of hydrogen-bond donors (Lipinski definition) is 0. The van der Waals surface area contributed by atoms with Crippen LogP contribution in [-0.2, 0) is 19.5 Å². The third kappa shape index (κ3) is 4.97. The number of Topliss-reactive ketones (excluding diaryl/α,β-unsaturated/α-hetero) is 1. The van der Waals surface area contributed by atoms with Gasteiger partial charge in [0.15, 0.2) is 12.4 Å². The number of anilines is 1. The Bertz CT molecular complexity index is 1110. The number of nitrogens with zero attached hydrogens (tertiary/aromatic N) is 2. The fourth-order valence-corrected chi connectivity index (χ4v) is 4.87. The normalized spacial score (nSPS) is 14.1. The summed E-state index contributed by atoms with van der Waals surface area (Å²) in [5.74, 6) is -1.26. The summed E-state index contributed by atoms with van der Waals surface area (Å²) in [4.78, 5) is 38.0. The van der Waals surface area contributed by atoms with Gasteiger partial charge in [-0.25, -0.2) is 18.0 Å². The van der Waals surface area contributed by atoms with Gasteiger partial charge >= 0.3 is 12.1 Å². The van der Waals surface area contributed by atoms with Crippen LogP contribution in [0.1, 0.15) is 33.6 Å². The van der Waals surface area contributed by atoms with Crippen molar-refractivity contribution in [3.63, 3.8) is 0 Å². The number of amides is 1. The molecule has 32 heavy (non-hydrogen) atoms. The molecule has 3 rings (SSSR count). The summed E-state index contributed by atoms with van der Waals surface area (Å²) in [5, 5.41) is 0. The van der Waals surface area contributed by atoms with Crippen LogP contribution in [0.25, 0.3) is 0 Å². The first kappa shape index (κ1) is 23.4. The van der Waals surface area contributed by atoms with Crippen LogP contribution in [0.15, 0.2) is 53.4 Å². The molecule has 0 atom stereocenters. The Labute approximate surface area is 186 Å². The molecule has 170 valence electrons. The highest BCUT2D eigenvalue weighted by atomic mass is 32.2. The monoisotopic (exact) mass is 460 g/mol. The van der Waals surface area contributed by atoms with Crippen molar-refractivity contribution in [1.29, 1.82) is 0 Å². The van der Waals surface area contributed by atoms with Gasteiger partial charge in [-0.2, -0.15) is 4.31 Å². The van der Waals surface area contributed by atoms with Crippen molar-refractivity contribution in [3.05, 3.63) is 59.7 Å². The molecular weight excluding hydrogens is 436 g/mol. The highest BCUT2D eigenvalue weighted by molar-refractivity contribution is 7.89. The molecule has 10 heteroatoms. The van der Waals surface area contributed by atoms with E-state index in [0.29, 0.717) is 13.1 Å². The summed E-state index contributed by atoms with van der Waals surface area (Å²) in [6.45, 7) is 0.449. The quantitative estimate of drug-likeness (QED) is 0.461. The highest BCUT2D eigenvalue weighted by Crippen LogP contribution is 2.22. The number of carbonyl (C=O) groups excluding carboxylic acids is 3. The molecule has 1 amide bonds. The van der Waals surface area contributed by atoms with Crippen molar-refractivity contribution in [3.8, 4) is 0 Å². The molecule has 0 spiro atoms. The first-order chi connectivity index (χ1) is 15.3. The number of benzene rings is 2. The van der Waals surface area contributed by atoms with Gasteiger partial charge in [0, 0.05) is 25.7 Å². The van der Waals surface area contributed by atoms with E-state index in [-0.39, 0.29) is 21.7 Å². The lowest BCUT2D eigenvalue weighted by atomic mass is 10.1. The van der Waals surface area contributed by atoms with Gasteiger partial charge in [-0.15, -0.1) is 0 Å². The van der Waals surface area contributed by atoms with Crippen molar-refractivity contribution >= 4 is 33.6 Å². The summed E-state index contributed by atoms with van der Waals surface area (Å²) >= 11 is 0. The Morgan fingerprint density at radius 2 is 1.62 bits per heavy atom. The molecule has 0 radical (unpaired) electrons. The second-order valence-corrected chi connectivity index (χ2v) is 9.12.